The second-order valence-corrected chi connectivity index (χ2v) is 5.84. The number of amides is 2. The lowest BCUT2D eigenvalue weighted by Crippen LogP contribution is -2.53. The fourth-order valence-corrected chi connectivity index (χ4v) is 2.02. The van der Waals surface area contributed by atoms with E-state index in [1.54, 1.807) is 0 Å². The van der Waals surface area contributed by atoms with E-state index in [4.69, 9.17) is 16.9 Å². The van der Waals surface area contributed by atoms with Gasteiger partial charge in [0, 0.05) is 6.54 Å². The summed E-state index contributed by atoms with van der Waals surface area (Å²) in [4.78, 5) is 35.0. The van der Waals surface area contributed by atoms with Gasteiger partial charge in [-0.05, 0) is 25.2 Å². The summed E-state index contributed by atoms with van der Waals surface area (Å²) < 4.78 is 0. The van der Waals surface area contributed by atoms with Crippen LogP contribution in [0.4, 0.5) is 0 Å². The van der Waals surface area contributed by atoms with Gasteiger partial charge in [0.2, 0.25) is 11.8 Å². The third-order valence-corrected chi connectivity index (χ3v) is 3.14. The summed E-state index contributed by atoms with van der Waals surface area (Å²) in [5.74, 6) is -2.31. The van der Waals surface area contributed by atoms with Crippen LogP contribution >= 0.6 is 0 Å². The lowest BCUT2D eigenvalue weighted by molar-refractivity contribution is -0.142. The molecule has 0 aliphatic rings. The van der Waals surface area contributed by atoms with Gasteiger partial charge in [0.25, 0.3) is 0 Å². The third-order valence-electron chi connectivity index (χ3n) is 3.14. The molecular weight excluding hydrogens is 316 g/mol. The Morgan fingerprint density at radius 2 is 1.79 bits per heavy atom. The first kappa shape index (κ1) is 21.6. The molecule has 10 heteroatoms. The largest absolute Gasteiger partial charge is 0.480 e. The van der Waals surface area contributed by atoms with Gasteiger partial charge >= 0.3 is 5.97 Å². The molecule has 0 aliphatic carbocycles. The topological polar surface area (TPSA) is 183 Å². The Morgan fingerprint density at radius 3 is 2.25 bits per heavy atom. The maximum atomic E-state index is 12.3. The summed E-state index contributed by atoms with van der Waals surface area (Å²) in [5, 5.41) is 23.7. The molecule has 0 aromatic rings. The number of nitrogens with two attached hydrogens (primary N) is 2. The van der Waals surface area contributed by atoms with Gasteiger partial charge in [-0.15, -0.1) is 0 Å². The zero-order valence-corrected chi connectivity index (χ0v) is 14.1. The molecule has 0 rings (SSSR count). The van der Waals surface area contributed by atoms with Crippen LogP contribution in [0.25, 0.3) is 0 Å². The highest BCUT2D eigenvalue weighted by Gasteiger charge is 2.26. The van der Waals surface area contributed by atoms with Crippen molar-refractivity contribution >= 4 is 23.7 Å². The van der Waals surface area contributed by atoms with E-state index >= 15 is 0 Å². The molecule has 10 nitrogen and oxygen atoms in total. The minimum Gasteiger partial charge on any atom is -0.480 e. The number of aliphatic carboxylic acids is 1. The van der Waals surface area contributed by atoms with E-state index in [1.807, 2.05) is 13.8 Å². The van der Waals surface area contributed by atoms with Crippen LogP contribution in [0.3, 0.4) is 0 Å². The Balaban J connectivity index is 4.77. The molecular formula is C14H28N6O4. The van der Waals surface area contributed by atoms with Crippen molar-refractivity contribution in [2.24, 2.45) is 17.4 Å². The van der Waals surface area contributed by atoms with Gasteiger partial charge in [-0.25, -0.2) is 4.79 Å². The zero-order chi connectivity index (χ0) is 18.7. The van der Waals surface area contributed by atoms with Crippen LogP contribution in [0.5, 0.6) is 0 Å². The minimum absolute atomic E-state index is 0.0863. The highest BCUT2D eigenvalue weighted by Crippen LogP contribution is 2.06. The summed E-state index contributed by atoms with van der Waals surface area (Å²) in [6.07, 6.45) is 0.987. The normalized spacial score (nSPS) is 13.0. The Morgan fingerprint density at radius 1 is 1.17 bits per heavy atom. The number of carboxylic acids is 1. The van der Waals surface area contributed by atoms with Crippen LogP contribution in [0.2, 0.25) is 0 Å². The first-order chi connectivity index (χ1) is 11.2. The van der Waals surface area contributed by atoms with E-state index in [9.17, 15) is 19.5 Å². The number of carboxylic acid groups (broad SMARTS) is 1. The molecule has 24 heavy (non-hydrogen) atoms. The van der Waals surface area contributed by atoms with Gasteiger partial charge in [0.15, 0.2) is 5.96 Å². The van der Waals surface area contributed by atoms with E-state index < -0.39 is 29.9 Å². The number of carbonyl (C=O) groups is 3. The van der Waals surface area contributed by atoms with E-state index in [-0.39, 0.29) is 31.3 Å². The van der Waals surface area contributed by atoms with Crippen LogP contribution in [-0.4, -0.2) is 54.0 Å². The zero-order valence-electron chi connectivity index (χ0n) is 14.1. The first-order valence-corrected chi connectivity index (χ1v) is 7.77. The molecule has 0 aliphatic heterocycles. The lowest BCUT2D eigenvalue weighted by Gasteiger charge is -2.22. The van der Waals surface area contributed by atoms with Crippen LogP contribution in [0.1, 0.15) is 33.1 Å². The Labute approximate surface area is 141 Å². The van der Waals surface area contributed by atoms with Crippen molar-refractivity contribution in [3.8, 4) is 0 Å². The maximum Gasteiger partial charge on any atom is 0.326 e. The fraction of sp³-hybridized carbons (Fsp3) is 0.714. The van der Waals surface area contributed by atoms with Crippen molar-refractivity contribution < 1.29 is 19.5 Å². The van der Waals surface area contributed by atoms with Crippen molar-refractivity contribution in [1.82, 2.24) is 16.0 Å². The Bertz CT molecular complexity index is 455. The quantitative estimate of drug-likeness (QED) is 0.132. The molecule has 0 saturated carbocycles. The average Bonchev–Trinajstić information content (AvgIpc) is 2.48. The SMILES string of the molecule is CC(C)C[C@H](NC(=O)[C@@H](CCCNC(=N)N)NC(=O)CN)C(=O)O. The number of carbonyl (C=O) groups excluding carboxylic acids is 2. The summed E-state index contributed by atoms with van der Waals surface area (Å²) in [6, 6.07) is -1.92. The van der Waals surface area contributed by atoms with Crippen molar-refractivity contribution in [3.05, 3.63) is 0 Å². The number of nitrogens with one attached hydrogen (secondary N) is 4. The van der Waals surface area contributed by atoms with Gasteiger partial charge in [-0.1, -0.05) is 13.8 Å². The molecule has 0 spiro atoms. The van der Waals surface area contributed by atoms with Crippen LogP contribution in [0.15, 0.2) is 0 Å². The first-order valence-electron chi connectivity index (χ1n) is 7.77. The Hall–Kier alpha value is -2.36. The summed E-state index contributed by atoms with van der Waals surface area (Å²) >= 11 is 0. The molecule has 0 saturated heterocycles. The molecule has 9 N–H and O–H groups in total. The molecule has 0 fully saturated rings. The molecule has 0 radical (unpaired) electrons. The van der Waals surface area contributed by atoms with Crippen LogP contribution < -0.4 is 27.4 Å². The highest BCUT2D eigenvalue weighted by molar-refractivity contribution is 5.90. The monoisotopic (exact) mass is 344 g/mol. The van der Waals surface area contributed by atoms with Crippen LogP contribution in [-0.2, 0) is 14.4 Å². The van der Waals surface area contributed by atoms with Gasteiger partial charge in [-0.2, -0.15) is 0 Å². The van der Waals surface area contributed by atoms with E-state index in [0.717, 1.165) is 0 Å². The molecule has 0 heterocycles. The molecule has 2 atom stereocenters. The minimum atomic E-state index is -1.13. The molecule has 0 bridgehead atoms. The number of guanidine groups is 1. The molecule has 0 aromatic carbocycles. The molecule has 138 valence electrons. The van der Waals surface area contributed by atoms with Gasteiger partial charge in [0.05, 0.1) is 6.54 Å². The number of rotatable bonds is 11. The second kappa shape index (κ2) is 11.2. The number of hydrogen-bond acceptors (Lipinski definition) is 5. The van der Waals surface area contributed by atoms with Crippen LogP contribution in [0, 0.1) is 11.3 Å². The summed E-state index contributed by atoms with van der Waals surface area (Å²) in [6.45, 7) is 3.78. The van der Waals surface area contributed by atoms with E-state index in [0.29, 0.717) is 13.0 Å². The van der Waals surface area contributed by atoms with Gasteiger partial charge in [-0.3, -0.25) is 15.0 Å². The second-order valence-electron chi connectivity index (χ2n) is 5.84. The van der Waals surface area contributed by atoms with Crippen molar-refractivity contribution in [3.63, 3.8) is 0 Å². The highest BCUT2D eigenvalue weighted by atomic mass is 16.4. The lowest BCUT2D eigenvalue weighted by atomic mass is 10.0. The molecule has 0 unspecified atom stereocenters. The molecule has 0 aromatic heterocycles. The predicted molar refractivity (Wildman–Crippen MR) is 89.2 cm³/mol. The predicted octanol–water partition coefficient (Wildman–Crippen LogP) is -1.69. The molecule has 2 amide bonds. The van der Waals surface area contributed by atoms with Crippen molar-refractivity contribution in [2.45, 2.75) is 45.2 Å². The van der Waals surface area contributed by atoms with Gasteiger partial charge < -0.3 is 32.5 Å². The van der Waals surface area contributed by atoms with E-state index in [1.165, 1.54) is 0 Å². The third kappa shape index (κ3) is 9.62. The standard InChI is InChI=1S/C14H28N6O4/c1-8(2)6-10(13(23)24)20-12(22)9(19-11(21)7-15)4-3-5-18-14(16)17/h8-10H,3-7,15H2,1-2H3,(H,19,21)(H,20,22)(H,23,24)(H4,16,17,18)/t9-,10+/m1/s1. The average molecular weight is 344 g/mol. The van der Waals surface area contributed by atoms with Gasteiger partial charge in [0.1, 0.15) is 12.1 Å². The summed E-state index contributed by atoms with van der Waals surface area (Å²) in [7, 11) is 0. The Kier molecular flexibility index (Phi) is 10.1. The van der Waals surface area contributed by atoms with E-state index in [2.05, 4.69) is 16.0 Å². The maximum absolute atomic E-state index is 12.3. The smallest absolute Gasteiger partial charge is 0.326 e. The van der Waals surface area contributed by atoms with Crippen molar-refractivity contribution in [1.29, 1.82) is 5.41 Å². The van der Waals surface area contributed by atoms with Crippen molar-refractivity contribution in [2.75, 3.05) is 13.1 Å². The summed E-state index contributed by atoms with van der Waals surface area (Å²) in [5.41, 5.74) is 10.4. The number of hydrogen-bond donors (Lipinski definition) is 7. The fourth-order valence-electron chi connectivity index (χ4n) is 2.02.